The zero-order chi connectivity index (χ0) is 15.2. The molecule has 1 aliphatic rings. The number of rotatable bonds is 6. The Balaban J connectivity index is 1.93. The summed E-state index contributed by atoms with van der Waals surface area (Å²) >= 11 is 11.8. The number of benzene rings is 1. The van der Waals surface area contributed by atoms with E-state index in [0.29, 0.717) is 15.8 Å². The molecule has 6 heteroatoms. The van der Waals surface area contributed by atoms with Crippen LogP contribution in [0, 0.1) is 0 Å². The third kappa shape index (κ3) is 4.50. The fourth-order valence-electron chi connectivity index (χ4n) is 2.45. The molecule has 1 fully saturated rings. The SMILES string of the molecule is CCCN(C(=O)COc1ccc(Cl)c(Cl)c1)C1CCNC1. The largest absolute Gasteiger partial charge is 0.484 e. The number of hydrogen-bond donors (Lipinski definition) is 1. The highest BCUT2D eigenvalue weighted by atomic mass is 35.5. The molecule has 0 aromatic heterocycles. The van der Waals surface area contributed by atoms with Crippen LogP contribution in [-0.4, -0.2) is 43.1 Å². The second kappa shape index (κ2) is 7.87. The molecular formula is C15H20Cl2N2O2. The van der Waals surface area contributed by atoms with Crippen LogP contribution in [0.3, 0.4) is 0 Å². The van der Waals surface area contributed by atoms with Crippen LogP contribution in [0.4, 0.5) is 0 Å². The van der Waals surface area contributed by atoms with E-state index in [-0.39, 0.29) is 18.6 Å². The van der Waals surface area contributed by atoms with Crippen LogP contribution in [0.5, 0.6) is 5.75 Å². The fourth-order valence-corrected chi connectivity index (χ4v) is 2.74. The fraction of sp³-hybridized carbons (Fsp3) is 0.533. The van der Waals surface area contributed by atoms with Gasteiger partial charge in [-0.2, -0.15) is 0 Å². The van der Waals surface area contributed by atoms with Crippen LogP contribution in [-0.2, 0) is 4.79 Å². The normalized spacial score (nSPS) is 17.8. The van der Waals surface area contributed by atoms with Crippen LogP contribution in [0.25, 0.3) is 0 Å². The van der Waals surface area contributed by atoms with E-state index in [1.54, 1.807) is 18.2 Å². The van der Waals surface area contributed by atoms with Gasteiger partial charge in [-0.1, -0.05) is 30.1 Å². The number of carbonyl (C=O) groups excluding carboxylic acids is 1. The maximum absolute atomic E-state index is 12.4. The average molecular weight is 331 g/mol. The molecule has 1 aromatic rings. The molecule has 1 amide bonds. The van der Waals surface area contributed by atoms with Crippen molar-refractivity contribution in [3.8, 4) is 5.75 Å². The number of nitrogens with zero attached hydrogens (tertiary/aromatic N) is 1. The summed E-state index contributed by atoms with van der Waals surface area (Å²) in [5.74, 6) is 0.565. The van der Waals surface area contributed by atoms with E-state index in [4.69, 9.17) is 27.9 Å². The van der Waals surface area contributed by atoms with Crippen molar-refractivity contribution in [2.45, 2.75) is 25.8 Å². The Morgan fingerprint density at radius 3 is 2.86 bits per heavy atom. The van der Waals surface area contributed by atoms with E-state index in [9.17, 15) is 4.79 Å². The average Bonchev–Trinajstić information content (AvgIpc) is 2.99. The summed E-state index contributed by atoms with van der Waals surface area (Å²) in [5, 5.41) is 4.18. The predicted molar refractivity (Wildman–Crippen MR) is 85.2 cm³/mol. The molecule has 1 aromatic carbocycles. The second-order valence-electron chi connectivity index (χ2n) is 5.10. The molecule has 1 unspecified atom stereocenters. The maximum atomic E-state index is 12.4. The molecule has 0 radical (unpaired) electrons. The van der Waals surface area contributed by atoms with Gasteiger partial charge in [0.05, 0.1) is 10.0 Å². The molecule has 1 aliphatic heterocycles. The first-order chi connectivity index (χ1) is 10.1. The lowest BCUT2D eigenvalue weighted by Gasteiger charge is -2.28. The van der Waals surface area contributed by atoms with E-state index in [1.165, 1.54) is 0 Å². The standard InChI is InChI=1S/C15H20Cl2N2O2/c1-2-7-19(11-5-6-18-9-11)15(20)10-21-12-3-4-13(16)14(17)8-12/h3-4,8,11,18H,2,5-7,9-10H2,1H3. The third-order valence-corrected chi connectivity index (χ3v) is 4.25. The molecule has 21 heavy (non-hydrogen) atoms. The van der Waals surface area contributed by atoms with Gasteiger partial charge < -0.3 is 15.0 Å². The van der Waals surface area contributed by atoms with Gasteiger partial charge in [0.25, 0.3) is 5.91 Å². The highest BCUT2D eigenvalue weighted by molar-refractivity contribution is 6.42. The molecule has 2 rings (SSSR count). The third-order valence-electron chi connectivity index (χ3n) is 3.51. The highest BCUT2D eigenvalue weighted by Crippen LogP contribution is 2.26. The van der Waals surface area contributed by atoms with Crippen LogP contribution in [0.1, 0.15) is 19.8 Å². The van der Waals surface area contributed by atoms with E-state index >= 15 is 0 Å². The molecule has 4 nitrogen and oxygen atoms in total. The minimum atomic E-state index is 0.0108. The van der Waals surface area contributed by atoms with E-state index in [1.807, 2.05) is 4.90 Å². The first kappa shape index (κ1) is 16.4. The summed E-state index contributed by atoms with van der Waals surface area (Å²) in [6.07, 6.45) is 1.94. The Morgan fingerprint density at radius 2 is 2.24 bits per heavy atom. The van der Waals surface area contributed by atoms with Gasteiger partial charge in [-0.05, 0) is 31.5 Å². The van der Waals surface area contributed by atoms with Gasteiger partial charge in [-0.25, -0.2) is 0 Å². The molecule has 1 N–H and O–H groups in total. The Morgan fingerprint density at radius 1 is 1.43 bits per heavy atom. The molecule has 1 saturated heterocycles. The number of halogens is 2. The van der Waals surface area contributed by atoms with Crippen molar-refractivity contribution in [2.24, 2.45) is 0 Å². The first-order valence-corrected chi connectivity index (χ1v) is 7.95. The zero-order valence-corrected chi connectivity index (χ0v) is 13.6. The Kier molecular flexibility index (Phi) is 6.15. The van der Waals surface area contributed by atoms with Crippen molar-refractivity contribution in [3.63, 3.8) is 0 Å². The van der Waals surface area contributed by atoms with Gasteiger partial charge in [0.2, 0.25) is 0 Å². The van der Waals surface area contributed by atoms with Crippen molar-refractivity contribution in [3.05, 3.63) is 28.2 Å². The maximum Gasteiger partial charge on any atom is 0.260 e. The molecular weight excluding hydrogens is 311 g/mol. The Hall–Kier alpha value is -0.970. The highest BCUT2D eigenvalue weighted by Gasteiger charge is 2.25. The molecule has 116 valence electrons. The number of amides is 1. The van der Waals surface area contributed by atoms with Gasteiger partial charge in [0, 0.05) is 25.2 Å². The minimum absolute atomic E-state index is 0.0108. The summed E-state index contributed by atoms with van der Waals surface area (Å²) in [4.78, 5) is 14.3. The van der Waals surface area contributed by atoms with Gasteiger partial charge in [-0.15, -0.1) is 0 Å². The molecule has 0 aliphatic carbocycles. The van der Waals surface area contributed by atoms with Crippen LogP contribution < -0.4 is 10.1 Å². The van der Waals surface area contributed by atoms with Crippen LogP contribution in [0.15, 0.2) is 18.2 Å². The quantitative estimate of drug-likeness (QED) is 0.871. The monoisotopic (exact) mass is 330 g/mol. The first-order valence-electron chi connectivity index (χ1n) is 7.20. The predicted octanol–water partition coefficient (Wildman–Crippen LogP) is 2.97. The number of ether oxygens (including phenoxy) is 1. The zero-order valence-electron chi connectivity index (χ0n) is 12.1. The number of nitrogens with one attached hydrogen (secondary N) is 1. The van der Waals surface area contributed by atoms with Crippen LogP contribution >= 0.6 is 23.2 Å². The van der Waals surface area contributed by atoms with Gasteiger partial charge >= 0.3 is 0 Å². The smallest absolute Gasteiger partial charge is 0.260 e. The molecule has 0 saturated carbocycles. The summed E-state index contributed by atoms with van der Waals surface area (Å²) < 4.78 is 5.54. The molecule has 0 spiro atoms. The molecule has 1 heterocycles. The summed E-state index contributed by atoms with van der Waals surface area (Å²) in [5.41, 5.74) is 0. The van der Waals surface area contributed by atoms with E-state index in [0.717, 1.165) is 32.5 Å². The van der Waals surface area contributed by atoms with E-state index < -0.39 is 0 Å². The Bertz CT molecular complexity index is 491. The lowest BCUT2D eigenvalue weighted by Crippen LogP contribution is -2.44. The summed E-state index contributed by atoms with van der Waals surface area (Å²) in [6.45, 7) is 4.68. The van der Waals surface area contributed by atoms with Crippen LogP contribution in [0.2, 0.25) is 10.0 Å². The topological polar surface area (TPSA) is 41.6 Å². The van der Waals surface area contributed by atoms with Crippen molar-refractivity contribution in [2.75, 3.05) is 26.2 Å². The van der Waals surface area contributed by atoms with Gasteiger partial charge in [0.15, 0.2) is 6.61 Å². The Labute approximate surface area is 135 Å². The summed E-state index contributed by atoms with van der Waals surface area (Å²) in [6, 6.07) is 5.27. The molecule has 1 atom stereocenters. The molecule has 0 bridgehead atoms. The minimum Gasteiger partial charge on any atom is -0.484 e. The van der Waals surface area contributed by atoms with Crippen molar-refractivity contribution in [1.82, 2.24) is 10.2 Å². The second-order valence-corrected chi connectivity index (χ2v) is 5.91. The summed E-state index contributed by atoms with van der Waals surface area (Å²) in [7, 11) is 0. The number of hydrogen-bond acceptors (Lipinski definition) is 3. The van der Waals surface area contributed by atoms with Crippen molar-refractivity contribution < 1.29 is 9.53 Å². The lowest BCUT2D eigenvalue weighted by molar-refractivity contribution is -0.135. The van der Waals surface area contributed by atoms with Gasteiger partial charge in [-0.3, -0.25) is 4.79 Å². The van der Waals surface area contributed by atoms with Crippen molar-refractivity contribution in [1.29, 1.82) is 0 Å². The van der Waals surface area contributed by atoms with Gasteiger partial charge in [0.1, 0.15) is 5.75 Å². The van der Waals surface area contributed by atoms with Crippen molar-refractivity contribution >= 4 is 29.1 Å². The van der Waals surface area contributed by atoms with E-state index in [2.05, 4.69) is 12.2 Å². The lowest BCUT2D eigenvalue weighted by atomic mass is 10.2. The number of carbonyl (C=O) groups is 1.